The molecule has 1 unspecified atom stereocenters. The summed E-state index contributed by atoms with van der Waals surface area (Å²) in [4.78, 5) is 41.6. The third-order valence-corrected chi connectivity index (χ3v) is 5.57. The summed E-state index contributed by atoms with van der Waals surface area (Å²) in [5.41, 5.74) is 0.932. The molecule has 1 aromatic carbocycles. The van der Waals surface area contributed by atoms with Gasteiger partial charge < -0.3 is 20.3 Å². The molecule has 0 aromatic heterocycles. The molecule has 8 nitrogen and oxygen atoms in total. The Labute approximate surface area is 177 Å². The number of benzene rings is 1. The normalized spacial score (nSPS) is 21.5. The van der Waals surface area contributed by atoms with Crippen molar-refractivity contribution in [3.05, 3.63) is 35.9 Å². The summed E-state index contributed by atoms with van der Waals surface area (Å²) in [6.45, 7) is 4.14. The van der Waals surface area contributed by atoms with Gasteiger partial charge in [0.1, 0.15) is 0 Å². The van der Waals surface area contributed by atoms with Crippen molar-refractivity contribution in [1.82, 2.24) is 20.4 Å². The molecular formula is C22H32N4O4. The Bertz CT molecular complexity index is 706. The zero-order valence-electron chi connectivity index (χ0n) is 17.5. The highest BCUT2D eigenvalue weighted by atomic mass is 16.5. The van der Waals surface area contributed by atoms with Crippen LogP contribution in [-0.4, -0.2) is 80.0 Å². The molecule has 2 saturated heterocycles. The maximum atomic E-state index is 13.1. The average molecular weight is 417 g/mol. The minimum absolute atomic E-state index is 0.0556. The standard InChI is InChI=1S/C22H32N4O4/c27-20-15-19(18-7-3-1-4-8-18)26(10-6-2-5-9-23-20)22(29)16-24-21(28)17-25-11-13-30-14-12-25/h1,3-4,7-8,19H,2,5-6,9-17H2,(H,23,27)(H,24,28). The molecule has 1 atom stereocenters. The van der Waals surface area contributed by atoms with Gasteiger partial charge in [0.25, 0.3) is 0 Å². The van der Waals surface area contributed by atoms with Crippen molar-refractivity contribution >= 4 is 17.7 Å². The molecule has 2 aliphatic heterocycles. The van der Waals surface area contributed by atoms with Crippen LogP contribution in [-0.2, 0) is 19.1 Å². The van der Waals surface area contributed by atoms with Crippen molar-refractivity contribution in [2.75, 3.05) is 52.5 Å². The van der Waals surface area contributed by atoms with Gasteiger partial charge in [-0.25, -0.2) is 0 Å². The molecule has 2 heterocycles. The van der Waals surface area contributed by atoms with E-state index in [9.17, 15) is 14.4 Å². The number of nitrogens with one attached hydrogen (secondary N) is 2. The summed E-state index contributed by atoms with van der Waals surface area (Å²) in [5, 5.41) is 5.71. The van der Waals surface area contributed by atoms with E-state index in [1.54, 1.807) is 4.90 Å². The zero-order valence-corrected chi connectivity index (χ0v) is 17.5. The van der Waals surface area contributed by atoms with E-state index in [4.69, 9.17) is 4.74 Å². The predicted octanol–water partition coefficient (Wildman–Crippen LogP) is 0.695. The third kappa shape index (κ3) is 6.81. The molecule has 0 aliphatic carbocycles. The van der Waals surface area contributed by atoms with E-state index in [1.165, 1.54) is 0 Å². The average Bonchev–Trinajstić information content (AvgIpc) is 2.77. The molecule has 2 aliphatic rings. The molecule has 0 bridgehead atoms. The van der Waals surface area contributed by atoms with Crippen LogP contribution in [0.1, 0.15) is 37.3 Å². The maximum absolute atomic E-state index is 13.1. The molecule has 3 amide bonds. The van der Waals surface area contributed by atoms with Gasteiger partial charge in [-0.3, -0.25) is 19.3 Å². The number of nitrogens with zero attached hydrogens (tertiary/aromatic N) is 2. The lowest BCUT2D eigenvalue weighted by atomic mass is 10.00. The zero-order chi connectivity index (χ0) is 21.2. The molecule has 8 heteroatoms. The number of amides is 3. The lowest BCUT2D eigenvalue weighted by Gasteiger charge is -2.33. The Morgan fingerprint density at radius 1 is 1.07 bits per heavy atom. The Hall–Kier alpha value is -2.45. The fourth-order valence-electron chi connectivity index (χ4n) is 3.89. The second-order valence-corrected chi connectivity index (χ2v) is 7.79. The van der Waals surface area contributed by atoms with Gasteiger partial charge in [0, 0.05) is 26.2 Å². The third-order valence-electron chi connectivity index (χ3n) is 5.57. The predicted molar refractivity (Wildman–Crippen MR) is 113 cm³/mol. The topological polar surface area (TPSA) is 91.0 Å². The molecule has 0 spiro atoms. The Kier molecular flexibility index (Phi) is 8.65. The van der Waals surface area contributed by atoms with E-state index in [0.717, 1.165) is 37.9 Å². The Balaban J connectivity index is 1.65. The molecule has 1 aromatic rings. The second-order valence-electron chi connectivity index (χ2n) is 7.79. The van der Waals surface area contributed by atoms with Crippen molar-refractivity contribution in [2.45, 2.75) is 31.7 Å². The van der Waals surface area contributed by atoms with E-state index < -0.39 is 0 Å². The Morgan fingerprint density at radius 3 is 2.60 bits per heavy atom. The lowest BCUT2D eigenvalue weighted by Crippen LogP contribution is -2.47. The second kappa shape index (κ2) is 11.7. The minimum atomic E-state index is -0.340. The summed E-state index contributed by atoms with van der Waals surface area (Å²) < 4.78 is 5.30. The summed E-state index contributed by atoms with van der Waals surface area (Å²) in [6.07, 6.45) is 2.93. The van der Waals surface area contributed by atoms with Crippen LogP contribution in [0.5, 0.6) is 0 Å². The molecule has 30 heavy (non-hydrogen) atoms. The molecule has 3 rings (SSSR count). The van der Waals surface area contributed by atoms with E-state index >= 15 is 0 Å². The van der Waals surface area contributed by atoms with Crippen LogP contribution >= 0.6 is 0 Å². The van der Waals surface area contributed by atoms with Gasteiger partial charge in [-0.15, -0.1) is 0 Å². The number of morpholine rings is 1. The SMILES string of the molecule is O=C1CC(c2ccccc2)N(C(=O)CNC(=O)CN2CCOCC2)CCCCCN1. The molecular weight excluding hydrogens is 384 g/mol. The molecule has 2 N–H and O–H groups in total. The van der Waals surface area contributed by atoms with Gasteiger partial charge in [-0.1, -0.05) is 30.3 Å². The van der Waals surface area contributed by atoms with Crippen LogP contribution in [0.3, 0.4) is 0 Å². The highest BCUT2D eigenvalue weighted by molar-refractivity contribution is 5.86. The first-order chi connectivity index (χ1) is 14.6. The smallest absolute Gasteiger partial charge is 0.242 e. The quantitative estimate of drug-likeness (QED) is 0.737. The van der Waals surface area contributed by atoms with Gasteiger partial charge in [0.05, 0.1) is 38.8 Å². The van der Waals surface area contributed by atoms with Crippen LogP contribution in [0.15, 0.2) is 30.3 Å². The number of rotatable bonds is 5. The van der Waals surface area contributed by atoms with Crippen LogP contribution in [0.25, 0.3) is 0 Å². The van der Waals surface area contributed by atoms with Crippen LogP contribution < -0.4 is 10.6 Å². The van der Waals surface area contributed by atoms with Gasteiger partial charge >= 0.3 is 0 Å². The fraction of sp³-hybridized carbons (Fsp3) is 0.591. The maximum Gasteiger partial charge on any atom is 0.242 e. The fourth-order valence-corrected chi connectivity index (χ4v) is 3.89. The van der Waals surface area contributed by atoms with E-state index in [2.05, 4.69) is 10.6 Å². The summed E-state index contributed by atoms with van der Waals surface area (Å²) in [5.74, 6) is -0.382. The van der Waals surface area contributed by atoms with Crippen LogP contribution in [0.4, 0.5) is 0 Å². The van der Waals surface area contributed by atoms with Crippen molar-refractivity contribution < 1.29 is 19.1 Å². The van der Waals surface area contributed by atoms with Gasteiger partial charge in [0.15, 0.2) is 0 Å². The first-order valence-electron chi connectivity index (χ1n) is 10.8. The first-order valence-corrected chi connectivity index (χ1v) is 10.8. The van der Waals surface area contributed by atoms with Crippen molar-refractivity contribution in [3.63, 3.8) is 0 Å². The van der Waals surface area contributed by atoms with Crippen LogP contribution in [0, 0.1) is 0 Å². The number of carbonyl (C=O) groups excluding carboxylic acids is 3. The monoisotopic (exact) mass is 416 g/mol. The Morgan fingerprint density at radius 2 is 1.83 bits per heavy atom. The highest BCUT2D eigenvalue weighted by Gasteiger charge is 2.28. The highest BCUT2D eigenvalue weighted by Crippen LogP contribution is 2.25. The number of ether oxygens (including phenoxy) is 1. The van der Waals surface area contributed by atoms with Crippen molar-refractivity contribution in [2.24, 2.45) is 0 Å². The van der Waals surface area contributed by atoms with Crippen LogP contribution in [0.2, 0.25) is 0 Å². The van der Waals surface area contributed by atoms with E-state index in [1.807, 2.05) is 35.2 Å². The molecule has 0 saturated carbocycles. The summed E-state index contributed by atoms with van der Waals surface area (Å²) >= 11 is 0. The van der Waals surface area contributed by atoms with Crippen molar-refractivity contribution in [1.29, 1.82) is 0 Å². The van der Waals surface area contributed by atoms with E-state index in [-0.39, 0.29) is 43.3 Å². The number of hydrogen-bond acceptors (Lipinski definition) is 5. The van der Waals surface area contributed by atoms with Gasteiger partial charge in [-0.2, -0.15) is 0 Å². The summed E-state index contributed by atoms with van der Waals surface area (Å²) in [7, 11) is 0. The number of hydrogen-bond donors (Lipinski definition) is 2. The number of carbonyl (C=O) groups is 3. The van der Waals surface area contributed by atoms with Gasteiger partial charge in [0.2, 0.25) is 17.7 Å². The largest absolute Gasteiger partial charge is 0.379 e. The first kappa shape index (κ1) is 22.2. The molecule has 2 fully saturated rings. The van der Waals surface area contributed by atoms with E-state index in [0.29, 0.717) is 26.3 Å². The minimum Gasteiger partial charge on any atom is -0.379 e. The van der Waals surface area contributed by atoms with Crippen molar-refractivity contribution in [3.8, 4) is 0 Å². The summed E-state index contributed by atoms with van der Waals surface area (Å²) in [6, 6.07) is 9.30. The van der Waals surface area contributed by atoms with Gasteiger partial charge in [-0.05, 0) is 24.8 Å². The lowest BCUT2D eigenvalue weighted by molar-refractivity contribution is -0.136. The molecule has 0 radical (unpaired) electrons. The molecule has 164 valence electrons.